The molecule has 1 N–H and O–H groups in total. The fourth-order valence-electron chi connectivity index (χ4n) is 3.49. The summed E-state index contributed by atoms with van der Waals surface area (Å²) in [5.74, 6) is -0.0429. The number of piperidine rings is 1. The normalized spacial score (nSPS) is 21.6. The van der Waals surface area contributed by atoms with Crippen LogP contribution < -0.4 is 5.32 Å². The van der Waals surface area contributed by atoms with E-state index in [1.54, 1.807) is 18.3 Å². The molecule has 0 bridgehead atoms. The number of halogens is 1. The van der Waals surface area contributed by atoms with E-state index in [2.05, 4.69) is 15.2 Å². The van der Waals surface area contributed by atoms with Gasteiger partial charge in [-0.3, -0.25) is 4.79 Å². The first kappa shape index (κ1) is 14.8. The summed E-state index contributed by atoms with van der Waals surface area (Å²) in [4.78, 5) is 18.7. The Kier molecular flexibility index (Phi) is 4.76. The SMILES string of the molecule is O=C(NC1CCN(C2CCCC2)CC1)c1ccnc(Cl)c1. The molecule has 5 heteroatoms. The van der Waals surface area contributed by atoms with Crippen LogP contribution in [-0.4, -0.2) is 41.0 Å². The second kappa shape index (κ2) is 6.75. The minimum Gasteiger partial charge on any atom is -0.349 e. The summed E-state index contributed by atoms with van der Waals surface area (Å²) in [7, 11) is 0. The molecule has 1 aliphatic carbocycles. The summed E-state index contributed by atoms with van der Waals surface area (Å²) >= 11 is 5.83. The van der Waals surface area contributed by atoms with Crippen molar-refractivity contribution in [2.45, 2.75) is 50.6 Å². The van der Waals surface area contributed by atoms with Crippen LogP contribution in [0.5, 0.6) is 0 Å². The van der Waals surface area contributed by atoms with Gasteiger partial charge >= 0.3 is 0 Å². The molecule has 1 aromatic rings. The van der Waals surface area contributed by atoms with Crippen LogP contribution in [0.3, 0.4) is 0 Å². The van der Waals surface area contributed by atoms with E-state index < -0.39 is 0 Å². The van der Waals surface area contributed by atoms with Crippen molar-refractivity contribution in [2.75, 3.05) is 13.1 Å². The van der Waals surface area contributed by atoms with Crippen LogP contribution in [0.2, 0.25) is 5.15 Å². The van der Waals surface area contributed by atoms with Gasteiger partial charge in [-0.15, -0.1) is 0 Å². The Bertz CT molecular complexity index is 494. The number of aromatic nitrogens is 1. The van der Waals surface area contributed by atoms with E-state index in [9.17, 15) is 4.79 Å². The number of rotatable bonds is 3. The number of nitrogens with zero attached hydrogens (tertiary/aromatic N) is 2. The molecule has 0 unspecified atom stereocenters. The summed E-state index contributed by atoms with van der Waals surface area (Å²) in [6, 6.07) is 4.39. The molecule has 2 heterocycles. The topological polar surface area (TPSA) is 45.2 Å². The highest BCUT2D eigenvalue weighted by Gasteiger charge is 2.27. The molecule has 0 aromatic carbocycles. The molecule has 21 heavy (non-hydrogen) atoms. The standard InChI is InChI=1S/C16H22ClN3O/c17-15-11-12(5-8-18-15)16(21)19-13-6-9-20(10-7-13)14-3-1-2-4-14/h5,8,11,13-14H,1-4,6-7,9-10H2,(H,19,21). The van der Waals surface area contributed by atoms with Gasteiger partial charge in [-0.25, -0.2) is 4.98 Å². The average molecular weight is 308 g/mol. The van der Waals surface area contributed by atoms with Crippen LogP contribution >= 0.6 is 11.6 Å². The van der Waals surface area contributed by atoms with Crippen molar-refractivity contribution in [3.8, 4) is 0 Å². The van der Waals surface area contributed by atoms with Crippen molar-refractivity contribution < 1.29 is 4.79 Å². The second-order valence-electron chi connectivity index (χ2n) is 6.09. The van der Waals surface area contributed by atoms with E-state index in [0.717, 1.165) is 32.0 Å². The van der Waals surface area contributed by atoms with Gasteiger partial charge in [0.15, 0.2) is 0 Å². The average Bonchev–Trinajstić information content (AvgIpc) is 3.02. The molecule has 2 fully saturated rings. The fraction of sp³-hybridized carbons (Fsp3) is 0.625. The van der Waals surface area contributed by atoms with Gasteiger partial charge in [0.25, 0.3) is 5.91 Å². The number of amides is 1. The Morgan fingerprint density at radius 1 is 1.24 bits per heavy atom. The predicted octanol–water partition coefficient (Wildman–Crippen LogP) is 2.87. The van der Waals surface area contributed by atoms with Crippen LogP contribution in [0.1, 0.15) is 48.9 Å². The first-order chi connectivity index (χ1) is 10.2. The summed E-state index contributed by atoms with van der Waals surface area (Å²) in [6.07, 6.45) is 9.12. The maximum atomic E-state index is 12.2. The quantitative estimate of drug-likeness (QED) is 0.873. The van der Waals surface area contributed by atoms with Gasteiger partial charge < -0.3 is 10.2 Å². The van der Waals surface area contributed by atoms with Gasteiger partial charge in [0, 0.05) is 36.9 Å². The van der Waals surface area contributed by atoms with Crippen molar-refractivity contribution in [1.82, 2.24) is 15.2 Å². The first-order valence-corrected chi connectivity index (χ1v) is 8.26. The van der Waals surface area contributed by atoms with Gasteiger partial charge in [-0.1, -0.05) is 24.4 Å². The number of nitrogens with one attached hydrogen (secondary N) is 1. The zero-order valence-electron chi connectivity index (χ0n) is 12.2. The Hall–Kier alpha value is -1.13. The number of carbonyl (C=O) groups is 1. The van der Waals surface area contributed by atoms with Crippen molar-refractivity contribution in [1.29, 1.82) is 0 Å². The fourth-order valence-corrected chi connectivity index (χ4v) is 3.66. The monoisotopic (exact) mass is 307 g/mol. The van der Waals surface area contributed by atoms with Gasteiger partial charge in [0.1, 0.15) is 5.15 Å². The van der Waals surface area contributed by atoms with E-state index in [4.69, 9.17) is 11.6 Å². The number of likely N-dealkylation sites (tertiary alicyclic amines) is 1. The zero-order chi connectivity index (χ0) is 14.7. The highest BCUT2D eigenvalue weighted by Crippen LogP contribution is 2.26. The highest BCUT2D eigenvalue weighted by atomic mass is 35.5. The van der Waals surface area contributed by atoms with Crippen LogP contribution in [0.4, 0.5) is 0 Å². The van der Waals surface area contributed by atoms with E-state index >= 15 is 0 Å². The van der Waals surface area contributed by atoms with E-state index in [1.807, 2.05) is 0 Å². The Morgan fingerprint density at radius 3 is 2.62 bits per heavy atom. The van der Waals surface area contributed by atoms with Crippen LogP contribution in [0.15, 0.2) is 18.3 Å². The van der Waals surface area contributed by atoms with Crippen molar-refractivity contribution in [3.05, 3.63) is 29.0 Å². The molecule has 0 radical (unpaired) electrons. The summed E-state index contributed by atoms with van der Waals surface area (Å²) < 4.78 is 0. The van der Waals surface area contributed by atoms with Crippen molar-refractivity contribution >= 4 is 17.5 Å². The minimum absolute atomic E-state index is 0.0429. The lowest BCUT2D eigenvalue weighted by atomic mass is 10.0. The Balaban J connectivity index is 1.49. The molecule has 1 saturated heterocycles. The molecule has 4 nitrogen and oxygen atoms in total. The lowest BCUT2D eigenvalue weighted by Crippen LogP contribution is -2.47. The van der Waals surface area contributed by atoms with Crippen molar-refractivity contribution in [2.24, 2.45) is 0 Å². The van der Waals surface area contributed by atoms with E-state index in [0.29, 0.717) is 10.7 Å². The molecule has 1 amide bonds. The molecular weight excluding hydrogens is 286 g/mol. The molecule has 3 rings (SSSR count). The maximum absolute atomic E-state index is 12.2. The molecule has 1 saturated carbocycles. The highest BCUT2D eigenvalue weighted by molar-refractivity contribution is 6.29. The molecule has 1 aromatic heterocycles. The Morgan fingerprint density at radius 2 is 1.95 bits per heavy atom. The third-order valence-corrected chi connectivity index (χ3v) is 4.90. The Labute approximate surface area is 130 Å². The van der Waals surface area contributed by atoms with Gasteiger partial charge in [-0.05, 0) is 37.8 Å². The van der Waals surface area contributed by atoms with Gasteiger partial charge in [-0.2, -0.15) is 0 Å². The zero-order valence-corrected chi connectivity index (χ0v) is 13.0. The largest absolute Gasteiger partial charge is 0.349 e. The maximum Gasteiger partial charge on any atom is 0.251 e. The number of carbonyl (C=O) groups excluding carboxylic acids is 1. The lowest BCUT2D eigenvalue weighted by molar-refractivity contribution is 0.0892. The molecular formula is C16H22ClN3O. The van der Waals surface area contributed by atoms with E-state index in [1.165, 1.54) is 25.7 Å². The second-order valence-corrected chi connectivity index (χ2v) is 6.48. The minimum atomic E-state index is -0.0429. The molecule has 1 aliphatic heterocycles. The van der Waals surface area contributed by atoms with Gasteiger partial charge in [0.05, 0.1) is 0 Å². The predicted molar refractivity (Wildman–Crippen MR) is 83.6 cm³/mol. The number of hydrogen-bond donors (Lipinski definition) is 1. The third-order valence-electron chi connectivity index (χ3n) is 4.69. The van der Waals surface area contributed by atoms with E-state index in [-0.39, 0.29) is 11.9 Å². The number of hydrogen-bond acceptors (Lipinski definition) is 3. The summed E-state index contributed by atoms with van der Waals surface area (Å²) in [5.41, 5.74) is 0.591. The van der Waals surface area contributed by atoms with Gasteiger partial charge in [0.2, 0.25) is 0 Å². The van der Waals surface area contributed by atoms with Crippen LogP contribution in [0.25, 0.3) is 0 Å². The molecule has 0 spiro atoms. The molecule has 2 aliphatic rings. The lowest BCUT2D eigenvalue weighted by Gasteiger charge is -2.36. The smallest absolute Gasteiger partial charge is 0.251 e. The molecule has 0 atom stereocenters. The summed E-state index contributed by atoms with van der Waals surface area (Å²) in [5, 5.41) is 3.48. The van der Waals surface area contributed by atoms with Crippen LogP contribution in [-0.2, 0) is 0 Å². The first-order valence-electron chi connectivity index (χ1n) is 7.89. The summed E-state index contributed by atoms with van der Waals surface area (Å²) in [6.45, 7) is 2.21. The van der Waals surface area contributed by atoms with Crippen molar-refractivity contribution in [3.63, 3.8) is 0 Å². The number of pyridine rings is 1. The third kappa shape index (κ3) is 3.74. The molecule has 114 valence electrons. The van der Waals surface area contributed by atoms with Crippen LogP contribution in [0, 0.1) is 0 Å².